The number of aromatic nitrogens is 2. The molecule has 0 fully saturated rings. The van der Waals surface area contributed by atoms with E-state index in [1.807, 2.05) is 19.9 Å². The van der Waals surface area contributed by atoms with Crippen LogP contribution in [0.1, 0.15) is 34.1 Å². The van der Waals surface area contributed by atoms with Crippen molar-refractivity contribution in [1.29, 1.82) is 0 Å². The minimum Gasteiger partial charge on any atom is -0.466 e. The third-order valence-corrected chi connectivity index (χ3v) is 5.95. The molecule has 1 aromatic heterocycles. The molecule has 0 saturated heterocycles. The van der Waals surface area contributed by atoms with Crippen molar-refractivity contribution in [2.24, 2.45) is 10.2 Å². The summed E-state index contributed by atoms with van der Waals surface area (Å²) in [6.45, 7) is 15.0. The first-order valence-corrected chi connectivity index (χ1v) is 11.7. The molecule has 1 unspecified atom stereocenters. The van der Waals surface area contributed by atoms with Crippen molar-refractivity contribution in [3.05, 3.63) is 29.6 Å². The van der Waals surface area contributed by atoms with Gasteiger partial charge in [-0.1, -0.05) is 11.3 Å². The van der Waals surface area contributed by atoms with Crippen LogP contribution in [0.3, 0.4) is 0 Å². The minimum atomic E-state index is -0.253. The molecule has 1 N–H and O–H groups in total. The maximum atomic E-state index is 11.9. The van der Waals surface area contributed by atoms with Gasteiger partial charge in [0.05, 0.1) is 18.7 Å². The lowest BCUT2D eigenvalue weighted by molar-refractivity contribution is -0.143. The van der Waals surface area contributed by atoms with E-state index in [-0.39, 0.29) is 30.2 Å². The topological polar surface area (TPSA) is 114 Å². The van der Waals surface area contributed by atoms with Crippen LogP contribution in [0, 0.1) is 6.57 Å². The Labute approximate surface area is 195 Å². The molecule has 0 radical (unpaired) electrons. The molecular formula is C20H25N7O3S2. The second kappa shape index (κ2) is 12.7. The maximum absolute atomic E-state index is 11.9. The van der Waals surface area contributed by atoms with Crippen LogP contribution in [-0.4, -0.2) is 47.1 Å². The van der Waals surface area contributed by atoms with Gasteiger partial charge >= 0.3 is 5.97 Å². The number of hydrogen-bond donors (Lipinski definition) is 1. The second-order valence-electron chi connectivity index (χ2n) is 6.51. The highest BCUT2D eigenvalue weighted by Crippen LogP contribution is 2.34. The largest absolute Gasteiger partial charge is 0.466 e. The van der Waals surface area contributed by atoms with Crippen LogP contribution in [0.5, 0.6) is 0 Å². The van der Waals surface area contributed by atoms with Crippen LogP contribution >= 0.6 is 23.1 Å². The zero-order chi connectivity index (χ0) is 23.5. The van der Waals surface area contributed by atoms with Gasteiger partial charge in [0, 0.05) is 25.2 Å². The molecule has 0 aliphatic carbocycles. The first-order chi connectivity index (χ1) is 15.4. The van der Waals surface area contributed by atoms with Crippen LogP contribution < -0.4 is 10.2 Å². The van der Waals surface area contributed by atoms with E-state index >= 15 is 0 Å². The van der Waals surface area contributed by atoms with Gasteiger partial charge < -0.3 is 19.8 Å². The Kier molecular flexibility index (Phi) is 10.0. The van der Waals surface area contributed by atoms with Crippen molar-refractivity contribution < 1.29 is 14.3 Å². The van der Waals surface area contributed by atoms with E-state index < -0.39 is 0 Å². The normalized spacial score (nSPS) is 11.7. The quantitative estimate of drug-likeness (QED) is 0.209. The van der Waals surface area contributed by atoms with Crippen LogP contribution in [-0.2, 0) is 14.3 Å². The Morgan fingerprint density at radius 3 is 2.78 bits per heavy atom. The Morgan fingerprint density at radius 1 is 1.34 bits per heavy atom. The number of anilines is 2. The average molecular weight is 476 g/mol. The first kappa shape index (κ1) is 25.2. The van der Waals surface area contributed by atoms with Crippen molar-refractivity contribution in [2.45, 2.75) is 44.5 Å². The number of hydrogen-bond acceptors (Lipinski definition) is 10. The number of azo groups is 1. The standard InChI is InChI=1S/C20H25N7O3S2/c1-6-27(13(3)10-18(29)30-7-2)15-8-9-16(17(11-15)22-14(4)28)23-24-19-25-26-20(32-19)31-12-21-5/h8-9,11,13H,6-7,10,12H2,1-4H3,(H,22,28). The fraction of sp³-hybridized carbons (Fsp3) is 0.450. The molecule has 0 bridgehead atoms. The van der Waals surface area contributed by atoms with Gasteiger partial charge in [-0.2, -0.15) is 0 Å². The summed E-state index contributed by atoms with van der Waals surface area (Å²) in [6.07, 6.45) is 0.253. The van der Waals surface area contributed by atoms with Gasteiger partial charge in [0.15, 0.2) is 4.34 Å². The number of esters is 1. The van der Waals surface area contributed by atoms with Crippen molar-refractivity contribution in [2.75, 3.05) is 29.2 Å². The number of benzene rings is 1. The number of nitrogens with zero attached hydrogens (tertiary/aromatic N) is 6. The summed E-state index contributed by atoms with van der Waals surface area (Å²) < 4.78 is 5.70. The van der Waals surface area contributed by atoms with Crippen molar-refractivity contribution in [3.8, 4) is 0 Å². The third-order valence-electron chi connectivity index (χ3n) is 4.15. The average Bonchev–Trinajstić information content (AvgIpc) is 3.19. The summed E-state index contributed by atoms with van der Waals surface area (Å²) in [7, 11) is 0. The smallest absolute Gasteiger partial charge is 0.307 e. The Balaban J connectivity index is 2.25. The van der Waals surface area contributed by atoms with Gasteiger partial charge in [0.1, 0.15) is 5.69 Å². The molecule has 2 aromatic rings. The summed E-state index contributed by atoms with van der Waals surface area (Å²) in [4.78, 5) is 29.0. The molecule has 0 saturated carbocycles. The number of nitrogens with one attached hydrogen (secondary N) is 1. The van der Waals surface area contributed by atoms with Gasteiger partial charge in [-0.25, -0.2) is 6.57 Å². The van der Waals surface area contributed by atoms with E-state index in [0.717, 1.165) is 5.69 Å². The minimum absolute atomic E-state index is 0.0931. The molecule has 10 nitrogen and oxygen atoms in total. The van der Waals surface area contributed by atoms with E-state index in [9.17, 15) is 9.59 Å². The molecule has 0 aliphatic heterocycles. The summed E-state index contributed by atoms with van der Waals surface area (Å²) in [5, 5.41) is 19.4. The summed E-state index contributed by atoms with van der Waals surface area (Å²) in [5.74, 6) is -0.227. The zero-order valence-corrected chi connectivity index (χ0v) is 20.0. The molecule has 1 heterocycles. The lowest BCUT2D eigenvalue weighted by Gasteiger charge is -2.30. The summed E-state index contributed by atoms with van der Waals surface area (Å²) >= 11 is 2.52. The van der Waals surface area contributed by atoms with Crippen molar-refractivity contribution >= 4 is 57.2 Å². The summed E-state index contributed by atoms with van der Waals surface area (Å²) in [5.41, 5.74) is 1.79. The third kappa shape index (κ3) is 7.58. The molecular weight excluding hydrogens is 450 g/mol. The molecule has 1 aromatic carbocycles. The summed E-state index contributed by atoms with van der Waals surface area (Å²) in [6, 6.07) is 5.32. The monoisotopic (exact) mass is 475 g/mol. The van der Waals surface area contributed by atoms with Gasteiger partial charge in [-0.05, 0) is 50.7 Å². The Bertz CT molecular complexity index is 1000. The zero-order valence-electron chi connectivity index (χ0n) is 18.4. The van der Waals surface area contributed by atoms with Gasteiger partial charge in [-0.3, -0.25) is 9.59 Å². The van der Waals surface area contributed by atoms with Crippen molar-refractivity contribution in [1.82, 2.24) is 10.2 Å². The van der Waals surface area contributed by atoms with E-state index in [1.165, 1.54) is 30.0 Å². The predicted molar refractivity (Wildman–Crippen MR) is 126 cm³/mol. The first-order valence-electron chi connectivity index (χ1n) is 9.93. The Morgan fingerprint density at radius 2 is 2.12 bits per heavy atom. The molecule has 0 spiro atoms. The molecule has 12 heteroatoms. The SMILES string of the molecule is [C-]#[N+]CSc1nnc(N=Nc2ccc(N(CC)C(C)CC(=O)OCC)cc2NC(C)=O)s1. The lowest BCUT2D eigenvalue weighted by Crippen LogP contribution is -2.35. The van der Waals surface area contributed by atoms with Crippen LogP contribution in [0.25, 0.3) is 4.85 Å². The number of amides is 1. The molecule has 170 valence electrons. The van der Waals surface area contributed by atoms with E-state index in [0.29, 0.717) is 34.0 Å². The number of thioether (sulfide) groups is 1. The van der Waals surface area contributed by atoms with E-state index in [1.54, 1.807) is 19.1 Å². The van der Waals surface area contributed by atoms with E-state index in [4.69, 9.17) is 11.3 Å². The van der Waals surface area contributed by atoms with Gasteiger partial charge in [0.25, 0.3) is 11.0 Å². The maximum Gasteiger partial charge on any atom is 0.307 e. The highest BCUT2D eigenvalue weighted by atomic mass is 32.2. The number of carbonyl (C=O) groups is 2. The Hall–Kier alpha value is -3.04. The van der Waals surface area contributed by atoms with Gasteiger partial charge in [-0.15, -0.1) is 20.4 Å². The second-order valence-corrected chi connectivity index (χ2v) is 8.66. The lowest BCUT2D eigenvalue weighted by atomic mass is 10.1. The molecule has 2 rings (SSSR count). The number of carbonyl (C=O) groups excluding carboxylic acids is 2. The van der Waals surface area contributed by atoms with Crippen LogP contribution in [0.2, 0.25) is 0 Å². The molecule has 32 heavy (non-hydrogen) atoms. The number of rotatable bonds is 11. The number of ether oxygens (including phenoxy) is 1. The molecule has 1 amide bonds. The van der Waals surface area contributed by atoms with Crippen LogP contribution in [0.15, 0.2) is 32.8 Å². The fourth-order valence-electron chi connectivity index (χ4n) is 2.89. The molecule has 1 atom stereocenters. The molecule has 0 aliphatic rings. The highest BCUT2D eigenvalue weighted by molar-refractivity contribution is 8.01. The predicted octanol–water partition coefficient (Wildman–Crippen LogP) is 5.05. The van der Waals surface area contributed by atoms with E-state index in [2.05, 4.69) is 35.5 Å². The van der Waals surface area contributed by atoms with Crippen molar-refractivity contribution in [3.63, 3.8) is 0 Å². The van der Waals surface area contributed by atoms with Crippen LogP contribution in [0.4, 0.5) is 22.2 Å². The van der Waals surface area contributed by atoms with Gasteiger partial charge in [0.2, 0.25) is 5.91 Å². The fourth-order valence-corrected chi connectivity index (χ4v) is 4.18. The highest BCUT2D eigenvalue weighted by Gasteiger charge is 2.19.